The van der Waals surface area contributed by atoms with Crippen LogP contribution in [0.25, 0.3) is 10.9 Å². The molecule has 1 saturated carbocycles. The molecule has 11 nitrogen and oxygen atoms in total. The number of ether oxygens (including phenoxy) is 3. The van der Waals surface area contributed by atoms with E-state index in [0.717, 1.165) is 6.07 Å². The van der Waals surface area contributed by atoms with Gasteiger partial charge in [-0.1, -0.05) is 0 Å². The number of hydrogen-bond donors (Lipinski definition) is 4. The van der Waals surface area contributed by atoms with Crippen molar-refractivity contribution in [3.8, 4) is 17.2 Å². The number of anilines is 2. The molecular weight excluding hydrogens is 612 g/mol. The number of nitrogens with zero attached hydrogens (tertiary/aromatic N) is 1. The number of pyridine rings is 1. The fraction of sp³-hybridized carbons (Fsp3) is 0.294. The van der Waals surface area contributed by atoms with E-state index in [1.165, 1.54) is 36.4 Å². The van der Waals surface area contributed by atoms with E-state index < -0.39 is 34.8 Å². The second kappa shape index (κ2) is 15.0. The summed E-state index contributed by atoms with van der Waals surface area (Å²) in [6, 6.07) is 16.2. The van der Waals surface area contributed by atoms with Gasteiger partial charge in [-0.15, -0.1) is 0 Å². The highest BCUT2D eigenvalue weighted by Gasteiger charge is 2.56. The molecule has 3 aromatic carbocycles. The predicted octanol–water partition coefficient (Wildman–Crippen LogP) is 4.91. The maximum atomic E-state index is 15.1. The van der Waals surface area contributed by atoms with Gasteiger partial charge in [0.1, 0.15) is 28.8 Å². The van der Waals surface area contributed by atoms with Crippen LogP contribution in [0.5, 0.6) is 17.2 Å². The van der Waals surface area contributed by atoms with E-state index in [-0.39, 0.29) is 24.1 Å². The first-order valence-electron chi connectivity index (χ1n) is 15.1. The Hall–Kier alpha value is -5.14. The lowest BCUT2D eigenvalue weighted by atomic mass is 10.0. The second-order valence-corrected chi connectivity index (χ2v) is 11.1. The molecule has 0 spiro atoms. The number of carbonyl (C=O) groups excluding carboxylic acids is 3. The first-order valence-corrected chi connectivity index (χ1v) is 15.1. The zero-order valence-corrected chi connectivity index (χ0v) is 25.7. The number of esters is 1. The fourth-order valence-electron chi connectivity index (χ4n) is 4.78. The molecule has 1 aliphatic carbocycles. The van der Waals surface area contributed by atoms with Gasteiger partial charge < -0.3 is 35.9 Å². The van der Waals surface area contributed by atoms with Crippen LogP contribution in [0, 0.1) is 17.0 Å². The SMILES string of the molecule is CC(CNCCCOc1ccc2c(Oc3ccc(NC(=O)C4(C(=O)Nc5ccc(F)cc5)CC4)cc3F)ccnc2c1)OC(=O)CN. The molecule has 0 bridgehead atoms. The van der Waals surface area contributed by atoms with Crippen molar-refractivity contribution in [1.82, 2.24) is 10.3 Å². The Morgan fingerprint density at radius 3 is 2.36 bits per heavy atom. The molecule has 1 atom stereocenters. The molecule has 246 valence electrons. The number of halogens is 2. The number of amides is 2. The first kappa shape index (κ1) is 33.2. The monoisotopic (exact) mass is 647 g/mol. The summed E-state index contributed by atoms with van der Waals surface area (Å²) in [6.45, 7) is 3.25. The third kappa shape index (κ3) is 8.57. The van der Waals surface area contributed by atoms with Crippen LogP contribution >= 0.6 is 0 Å². The largest absolute Gasteiger partial charge is 0.493 e. The molecule has 0 saturated heterocycles. The summed E-state index contributed by atoms with van der Waals surface area (Å²) in [4.78, 5) is 41.4. The van der Waals surface area contributed by atoms with Gasteiger partial charge in [0.2, 0.25) is 11.8 Å². The molecule has 1 fully saturated rings. The van der Waals surface area contributed by atoms with Gasteiger partial charge in [-0.05, 0) is 87.3 Å². The van der Waals surface area contributed by atoms with Crippen molar-refractivity contribution in [3.63, 3.8) is 0 Å². The van der Waals surface area contributed by atoms with Gasteiger partial charge in [0.05, 0.1) is 18.7 Å². The van der Waals surface area contributed by atoms with Crippen molar-refractivity contribution < 1.29 is 37.4 Å². The molecule has 5 N–H and O–H groups in total. The van der Waals surface area contributed by atoms with Crippen LogP contribution in [0.15, 0.2) is 72.9 Å². The van der Waals surface area contributed by atoms with E-state index in [2.05, 4.69) is 20.9 Å². The molecule has 1 heterocycles. The molecular formula is C34H35F2N5O6. The average molecular weight is 648 g/mol. The summed E-state index contributed by atoms with van der Waals surface area (Å²) in [6.07, 6.45) is 2.65. The van der Waals surface area contributed by atoms with E-state index >= 15 is 4.39 Å². The summed E-state index contributed by atoms with van der Waals surface area (Å²) < 4.78 is 45.1. The molecule has 47 heavy (non-hydrogen) atoms. The van der Waals surface area contributed by atoms with Crippen molar-refractivity contribution in [1.29, 1.82) is 0 Å². The van der Waals surface area contributed by atoms with E-state index in [4.69, 9.17) is 19.9 Å². The third-order valence-electron chi connectivity index (χ3n) is 7.50. The van der Waals surface area contributed by atoms with E-state index in [1.54, 1.807) is 37.4 Å². The number of rotatable bonds is 15. The van der Waals surface area contributed by atoms with Gasteiger partial charge in [-0.2, -0.15) is 0 Å². The lowest BCUT2D eigenvalue weighted by Gasteiger charge is -2.16. The Bertz CT molecular complexity index is 1750. The average Bonchev–Trinajstić information content (AvgIpc) is 3.87. The Morgan fingerprint density at radius 1 is 0.936 bits per heavy atom. The van der Waals surface area contributed by atoms with Gasteiger partial charge in [-0.3, -0.25) is 19.4 Å². The molecule has 4 aromatic rings. The predicted molar refractivity (Wildman–Crippen MR) is 171 cm³/mol. The van der Waals surface area contributed by atoms with Crippen molar-refractivity contribution >= 4 is 40.1 Å². The first-order chi connectivity index (χ1) is 22.7. The highest BCUT2D eigenvalue weighted by atomic mass is 19.1. The fourth-order valence-corrected chi connectivity index (χ4v) is 4.78. The molecule has 2 amide bonds. The summed E-state index contributed by atoms with van der Waals surface area (Å²) in [7, 11) is 0. The van der Waals surface area contributed by atoms with E-state index in [0.29, 0.717) is 67.0 Å². The zero-order chi connectivity index (χ0) is 33.4. The van der Waals surface area contributed by atoms with Gasteiger partial charge in [0, 0.05) is 41.6 Å². The van der Waals surface area contributed by atoms with Crippen LogP contribution in [0.1, 0.15) is 26.2 Å². The quantitative estimate of drug-likeness (QED) is 0.0801. The molecule has 5 rings (SSSR count). The van der Waals surface area contributed by atoms with Gasteiger partial charge in [0.25, 0.3) is 0 Å². The Kier molecular flexibility index (Phi) is 10.6. The minimum absolute atomic E-state index is 0.0642. The van der Waals surface area contributed by atoms with E-state index in [9.17, 15) is 18.8 Å². The van der Waals surface area contributed by atoms with Gasteiger partial charge in [-0.25, -0.2) is 8.78 Å². The second-order valence-electron chi connectivity index (χ2n) is 11.1. The number of hydrogen-bond acceptors (Lipinski definition) is 9. The van der Waals surface area contributed by atoms with Gasteiger partial charge in [0.15, 0.2) is 11.6 Å². The highest BCUT2D eigenvalue weighted by Crippen LogP contribution is 2.47. The van der Waals surface area contributed by atoms with Crippen LogP contribution in [0.3, 0.4) is 0 Å². The summed E-state index contributed by atoms with van der Waals surface area (Å²) >= 11 is 0. The topological polar surface area (TPSA) is 154 Å². The highest BCUT2D eigenvalue weighted by molar-refractivity contribution is 6.16. The van der Waals surface area contributed by atoms with Crippen molar-refractivity contribution in [2.24, 2.45) is 11.1 Å². The lowest BCUT2D eigenvalue weighted by molar-refractivity contribution is -0.146. The smallest absolute Gasteiger partial charge is 0.320 e. The van der Waals surface area contributed by atoms with Crippen molar-refractivity contribution in [3.05, 3.63) is 84.6 Å². The van der Waals surface area contributed by atoms with Crippen LogP contribution in [0.4, 0.5) is 20.2 Å². The number of nitrogens with two attached hydrogens (primary N) is 1. The van der Waals surface area contributed by atoms with Gasteiger partial charge >= 0.3 is 5.97 Å². The Balaban J connectivity index is 1.14. The third-order valence-corrected chi connectivity index (χ3v) is 7.50. The summed E-state index contributed by atoms with van der Waals surface area (Å²) in [5, 5.41) is 9.10. The van der Waals surface area contributed by atoms with Crippen LogP contribution in [-0.2, 0) is 19.1 Å². The molecule has 1 aliphatic rings. The Labute approximate surface area is 269 Å². The van der Waals surface area contributed by atoms with Crippen LogP contribution < -0.4 is 31.2 Å². The summed E-state index contributed by atoms with van der Waals surface area (Å²) in [5.41, 5.74) is 5.09. The minimum atomic E-state index is -1.28. The van der Waals surface area contributed by atoms with Crippen molar-refractivity contribution in [2.45, 2.75) is 32.3 Å². The number of fused-ring (bicyclic) bond motifs is 1. The molecule has 13 heteroatoms. The maximum Gasteiger partial charge on any atom is 0.320 e. The standard InChI is InChI=1S/C34H35F2N5O6/c1-21(46-31(42)19-37)20-38-14-2-16-45-25-8-9-26-28(18-25)39-15-11-29(26)47-30-10-7-24(17-27(30)36)41-33(44)34(12-13-34)32(43)40-23-5-3-22(35)4-6-23/h3-11,15,17-18,21,38H,2,12-14,16,19-20,37H2,1H3,(H,40,43)(H,41,44). The number of aromatic nitrogens is 1. The number of carbonyl (C=O) groups is 3. The molecule has 1 unspecified atom stereocenters. The van der Waals surface area contributed by atoms with E-state index in [1.807, 2.05) is 0 Å². The Morgan fingerprint density at radius 2 is 1.66 bits per heavy atom. The number of benzene rings is 3. The van der Waals surface area contributed by atoms with Crippen molar-refractivity contribution in [2.75, 3.05) is 36.9 Å². The lowest BCUT2D eigenvalue weighted by Crippen LogP contribution is -2.35. The summed E-state index contributed by atoms with van der Waals surface area (Å²) in [5.74, 6) is -1.74. The molecule has 0 radical (unpaired) electrons. The number of nitrogens with one attached hydrogen (secondary N) is 3. The normalized spacial score (nSPS) is 13.8. The van der Waals surface area contributed by atoms with Crippen LogP contribution in [0.2, 0.25) is 0 Å². The zero-order valence-electron chi connectivity index (χ0n) is 25.7. The van der Waals surface area contributed by atoms with Crippen LogP contribution in [-0.4, -0.2) is 55.1 Å². The molecule has 1 aromatic heterocycles. The molecule has 0 aliphatic heterocycles. The maximum absolute atomic E-state index is 15.1. The minimum Gasteiger partial charge on any atom is -0.493 e.